The van der Waals surface area contributed by atoms with Crippen molar-refractivity contribution in [1.29, 1.82) is 0 Å². The first-order valence-corrected chi connectivity index (χ1v) is 6.57. The van der Waals surface area contributed by atoms with Gasteiger partial charge in [-0.1, -0.05) is 15.9 Å². The number of anilines is 2. The van der Waals surface area contributed by atoms with Crippen LogP contribution in [0.15, 0.2) is 46.9 Å². The summed E-state index contributed by atoms with van der Waals surface area (Å²) in [7, 11) is 0. The van der Waals surface area contributed by atoms with Crippen molar-refractivity contribution >= 4 is 33.2 Å². The summed E-state index contributed by atoms with van der Waals surface area (Å²) >= 11 is 3.20. The normalized spacial score (nSPS) is 10.1. The maximum atomic E-state index is 13.4. The number of hydrogen-bond acceptors (Lipinski definition) is 3. The molecule has 3 N–H and O–H groups in total. The van der Waals surface area contributed by atoms with Crippen LogP contribution in [0.1, 0.15) is 0 Å². The quantitative estimate of drug-likeness (QED) is 0.841. The van der Waals surface area contributed by atoms with E-state index in [2.05, 4.69) is 21.2 Å². The molecule has 0 unspecified atom stereocenters. The Kier molecular flexibility index (Phi) is 4.57. The summed E-state index contributed by atoms with van der Waals surface area (Å²) in [6.07, 6.45) is 0. The molecule has 0 heterocycles. The number of nitrogens with one attached hydrogen (secondary N) is 1. The lowest BCUT2D eigenvalue weighted by molar-refractivity contribution is -0.118. The molecule has 0 saturated heterocycles. The smallest absolute Gasteiger partial charge is 0.262 e. The highest BCUT2D eigenvalue weighted by molar-refractivity contribution is 9.10. The molecule has 0 spiro atoms. The van der Waals surface area contributed by atoms with Gasteiger partial charge in [-0.15, -0.1) is 0 Å². The van der Waals surface area contributed by atoms with E-state index in [0.717, 1.165) is 0 Å². The molecule has 0 aliphatic rings. The highest BCUT2D eigenvalue weighted by atomic mass is 79.9. The Morgan fingerprint density at radius 2 is 1.95 bits per heavy atom. The van der Waals surface area contributed by atoms with Crippen molar-refractivity contribution in [2.45, 2.75) is 0 Å². The Labute approximate surface area is 123 Å². The number of rotatable bonds is 4. The first-order valence-electron chi connectivity index (χ1n) is 5.78. The van der Waals surface area contributed by atoms with Crippen LogP contribution in [-0.4, -0.2) is 12.5 Å². The van der Waals surface area contributed by atoms with Crippen molar-refractivity contribution in [2.24, 2.45) is 0 Å². The zero-order valence-corrected chi connectivity index (χ0v) is 12.0. The van der Waals surface area contributed by atoms with Gasteiger partial charge in [-0.25, -0.2) is 4.39 Å². The standard InChI is InChI=1S/C14H12BrFN2O2/c15-9-1-6-12(16)13(7-9)20-8-14(19)18-11-4-2-10(17)3-5-11/h1-7H,8,17H2,(H,18,19). The lowest BCUT2D eigenvalue weighted by atomic mass is 10.3. The van der Waals surface area contributed by atoms with E-state index in [-0.39, 0.29) is 18.3 Å². The van der Waals surface area contributed by atoms with E-state index in [1.165, 1.54) is 12.1 Å². The molecule has 4 nitrogen and oxygen atoms in total. The van der Waals surface area contributed by atoms with Gasteiger partial charge in [0.1, 0.15) is 0 Å². The number of ether oxygens (including phenoxy) is 1. The number of nitrogens with two attached hydrogens (primary N) is 1. The van der Waals surface area contributed by atoms with E-state index in [4.69, 9.17) is 10.5 Å². The van der Waals surface area contributed by atoms with E-state index in [9.17, 15) is 9.18 Å². The van der Waals surface area contributed by atoms with E-state index in [1.807, 2.05) is 0 Å². The fraction of sp³-hybridized carbons (Fsp3) is 0.0714. The van der Waals surface area contributed by atoms with Crippen molar-refractivity contribution in [3.8, 4) is 5.75 Å². The molecule has 2 aromatic rings. The van der Waals surface area contributed by atoms with Crippen molar-refractivity contribution in [3.63, 3.8) is 0 Å². The molecule has 1 amide bonds. The van der Waals surface area contributed by atoms with Crippen LogP contribution in [0.4, 0.5) is 15.8 Å². The maximum Gasteiger partial charge on any atom is 0.262 e. The lowest BCUT2D eigenvalue weighted by Gasteiger charge is -2.08. The van der Waals surface area contributed by atoms with Crippen LogP contribution in [0.25, 0.3) is 0 Å². The number of nitrogen functional groups attached to an aromatic ring is 1. The van der Waals surface area contributed by atoms with Crippen LogP contribution >= 0.6 is 15.9 Å². The van der Waals surface area contributed by atoms with Gasteiger partial charge < -0.3 is 15.8 Å². The van der Waals surface area contributed by atoms with E-state index in [0.29, 0.717) is 15.8 Å². The Morgan fingerprint density at radius 1 is 1.25 bits per heavy atom. The monoisotopic (exact) mass is 338 g/mol. The summed E-state index contributed by atoms with van der Waals surface area (Å²) in [5.74, 6) is -0.880. The number of halogens is 2. The summed E-state index contributed by atoms with van der Waals surface area (Å²) in [6, 6.07) is 11.0. The average molecular weight is 339 g/mol. The van der Waals surface area contributed by atoms with Crippen LogP contribution in [0.5, 0.6) is 5.75 Å². The molecule has 2 aromatic carbocycles. The molecular formula is C14H12BrFN2O2. The molecule has 0 aromatic heterocycles. The van der Waals surface area contributed by atoms with Gasteiger partial charge >= 0.3 is 0 Å². The fourth-order valence-corrected chi connectivity index (χ4v) is 1.83. The van der Waals surface area contributed by atoms with Crippen molar-refractivity contribution < 1.29 is 13.9 Å². The third-order valence-corrected chi connectivity index (χ3v) is 2.94. The van der Waals surface area contributed by atoms with Gasteiger partial charge in [0, 0.05) is 15.8 Å². The van der Waals surface area contributed by atoms with Crippen molar-refractivity contribution in [2.75, 3.05) is 17.7 Å². The van der Waals surface area contributed by atoms with Gasteiger partial charge in [0.2, 0.25) is 0 Å². The summed E-state index contributed by atoms with van der Waals surface area (Å²) in [6.45, 7) is -0.280. The van der Waals surface area contributed by atoms with E-state index >= 15 is 0 Å². The number of carbonyl (C=O) groups excluding carboxylic acids is 1. The number of carbonyl (C=O) groups is 1. The summed E-state index contributed by atoms with van der Waals surface area (Å²) in [5.41, 5.74) is 6.75. The molecule has 20 heavy (non-hydrogen) atoms. The zero-order chi connectivity index (χ0) is 14.5. The minimum atomic E-state index is -0.520. The highest BCUT2D eigenvalue weighted by Crippen LogP contribution is 2.22. The Hall–Kier alpha value is -2.08. The molecule has 6 heteroatoms. The first-order chi connectivity index (χ1) is 9.54. The van der Waals surface area contributed by atoms with Gasteiger partial charge in [0.15, 0.2) is 18.2 Å². The van der Waals surface area contributed by atoms with Crippen LogP contribution in [-0.2, 0) is 4.79 Å². The van der Waals surface area contributed by atoms with E-state index in [1.54, 1.807) is 30.3 Å². The Balaban J connectivity index is 1.92. The fourth-order valence-electron chi connectivity index (χ4n) is 1.49. The van der Waals surface area contributed by atoms with Crippen molar-refractivity contribution in [3.05, 3.63) is 52.8 Å². The summed E-state index contributed by atoms with van der Waals surface area (Å²) in [5, 5.41) is 2.62. The van der Waals surface area contributed by atoms with Gasteiger partial charge in [0.25, 0.3) is 5.91 Å². The second-order valence-electron chi connectivity index (χ2n) is 4.03. The molecule has 0 radical (unpaired) electrons. The third kappa shape index (κ3) is 3.96. The minimum Gasteiger partial charge on any atom is -0.481 e. The Bertz CT molecular complexity index is 617. The largest absolute Gasteiger partial charge is 0.481 e. The molecule has 2 rings (SSSR count). The molecule has 0 aliphatic carbocycles. The molecular weight excluding hydrogens is 327 g/mol. The first kappa shape index (κ1) is 14.3. The van der Waals surface area contributed by atoms with E-state index < -0.39 is 5.82 Å². The second kappa shape index (κ2) is 6.38. The minimum absolute atomic E-state index is 0.0202. The predicted molar refractivity (Wildman–Crippen MR) is 79.1 cm³/mol. The molecule has 0 saturated carbocycles. The average Bonchev–Trinajstić information content (AvgIpc) is 2.42. The van der Waals surface area contributed by atoms with Gasteiger partial charge in [-0.05, 0) is 42.5 Å². The molecule has 0 bridgehead atoms. The summed E-state index contributed by atoms with van der Waals surface area (Å²) in [4.78, 5) is 11.7. The number of benzene rings is 2. The second-order valence-corrected chi connectivity index (χ2v) is 4.95. The van der Waals surface area contributed by atoms with Crippen LogP contribution in [0, 0.1) is 5.82 Å². The van der Waals surface area contributed by atoms with Gasteiger partial charge in [0.05, 0.1) is 0 Å². The highest BCUT2D eigenvalue weighted by Gasteiger charge is 2.08. The topological polar surface area (TPSA) is 64.3 Å². The predicted octanol–water partition coefficient (Wildman–Crippen LogP) is 3.19. The van der Waals surface area contributed by atoms with Crippen LogP contribution in [0.2, 0.25) is 0 Å². The molecule has 104 valence electrons. The van der Waals surface area contributed by atoms with Crippen LogP contribution in [0.3, 0.4) is 0 Å². The third-order valence-electron chi connectivity index (χ3n) is 2.45. The number of hydrogen-bond donors (Lipinski definition) is 2. The lowest BCUT2D eigenvalue weighted by Crippen LogP contribution is -2.20. The SMILES string of the molecule is Nc1ccc(NC(=O)COc2cc(Br)ccc2F)cc1. The molecule has 0 aliphatic heterocycles. The molecule has 0 atom stereocenters. The van der Waals surface area contributed by atoms with Crippen LogP contribution < -0.4 is 15.8 Å². The maximum absolute atomic E-state index is 13.4. The zero-order valence-electron chi connectivity index (χ0n) is 10.4. The Morgan fingerprint density at radius 3 is 2.65 bits per heavy atom. The molecule has 0 fully saturated rings. The van der Waals surface area contributed by atoms with Crippen molar-refractivity contribution in [1.82, 2.24) is 0 Å². The summed E-state index contributed by atoms with van der Waals surface area (Å²) < 4.78 is 19.2. The van der Waals surface area contributed by atoms with Gasteiger partial charge in [-0.2, -0.15) is 0 Å². The van der Waals surface area contributed by atoms with Gasteiger partial charge in [-0.3, -0.25) is 4.79 Å². The number of amides is 1.